The minimum atomic E-state index is -0.407. The van der Waals surface area contributed by atoms with Crippen LogP contribution < -0.4 is 10.4 Å². The van der Waals surface area contributed by atoms with Crippen molar-refractivity contribution in [2.24, 2.45) is 0 Å². The minimum Gasteiger partial charge on any atom is -0.477 e. The Labute approximate surface area is 139 Å². The fourth-order valence-corrected chi connectivity index (χ4v) is 3.48. The predicted octanol–water partition coefficient (Wildman–Crippen LogP) is 2.79. The van der Waals surface area contributed by atoms with Crippen molar-refractivity contribution in [1.82, 2.24) is 4.90 Å². The molecule has 0 fully saturated rings. The summed E-state index contributed by atoms with van der Waals surface area (Å²) in [5.74, 6) is 0.780. The number of fused-ring (bicyclic) bond motifs is 4. The SMILES string of the molecule is Cc1c2c(cc3c1oc(=O)c1ccccc13)CN(C[C@@H](C)O)CO2. The van der Waals surface area contributed by atoms with E-state index in [2.05, 4.69) is 4.90 Å². The van der Waals surface area contributed by atoms with E-state index in [0.717, 1.165) is 27.6 Å². The van der Waals surface area contributed by atoms with Gasteiger partial charge in [0.25, 0.3) is 0 Å². The van der Waals surface area contributed by atoms with Crippen molar-refractivity contribution in [1.29, 1.82) is 0 Å². The Morgan fingerprint density at radius 1 is 1.25 bits per heavy atom. The second-order valence-electron chi connectivity index (χ2n) is 6.44. The van der Waals surface area contributed by atoms with Crippen molar-refractivity contribution in [3.8, 4) is 5.75 Å². The Morgan fingerprint density at radius 3 is 2.75 bits per heavy atom. The Balaban J connectivity index is 1.95. The maximum atomic E-state index is 12.2. The molecule has 24 heavy (non-hydrogen) atoms. The summed E-state index contributed by atoms with van der Waals surface area (Å²) in [5, 5.41) is 12.0. The molecule has 124 valence electrons. The van der Waals surface area contributed by atoms with Gasteiger partial charge in [-0.2, -0.15) is 0 Å². The summed E-state index contributed by atoms with van der Waals surface area (Å²) >= 11 is 0. The fourth-order valence-electron chi connectivity index (χ4n) is 3.48. The van der Waals surface area contributed by atoms with Crippen LogP contribution in [0.4, 0.5) is 0 Å². The van der Waals surface area contributed by atoms with E-state index < -0.39 is 6.10 Å². The van der Waals surface area contributed by atoms with Crippen molar-refractivity contribution in [2.75, 3.05) is 13.3 Å². The van der Waals surface area contributed by atoms with E-state index in [1.807, 2.05) is 31.2 Å². The van der Waals surface area contributed by atoms with Crippen LogP contribution in [0.3, 0.4) is 0 Å². The Morgan fingerprint density at radius 2 is 2.00 bits per heavy atom. The maximum absolute atomic E-state index is 12.2. The first kappa shape index (κ1) is 15.2. The summed E-state index contributed by atoms with van der Waals surface area (Å²) < 4.78 is 11.5. The van der Waals surface area contributed by atoms with Crippen molar-refractivity contribution in [3.63, 3.8) is 0 Å². The zero-order chi connectivity index (χ0) is 16.8. The average molecular weight is 325 g/mol. The van der Waals surface area contributed by atoms with Gasteiger partial charge in [-0.3, -0.25) is 4.90 Å². The lowest BCUT2D eigenvalue weighted by atomic mass is 10.00. The van der Waals surface area contributed by atoms with Crippen LogP contribution in [0.2, 0.25) is 0 Å². The zero-order valence-electron chi connectivity index (χ0n) is 13.7. The highest BCUT2D eigenvalue weighted by molar-refractivity contribution is 6.06. The van der Waals surface area contributed by atoms with Crippen LogP contribution >= 0.6 is 0 Å². The molecule has 0 saturated heterocycles. The normalized spacial score (nSPS) is 16.1. The topological polar surface area (TPSA) is 62.9 Å². The van der Waals surface area contributed by atoms with Crippen LogP contribution in [-0.2, 0) is 6.54 Å². The highest BCUT2D eigenvalue weighted by atomic mass is 16.5. The average Bonchev–Trinajstić information content (AvgIpc) is 2.56. The number of aryl methyl sites for hydroxylation is 1. The van der Waals surface area contributed by atoms with Gasteiger partial charge in [0.1, 0.15) is 18.1 Å². The second kappa shape index (κ2) is 5.61. The van der Waals surface area contributed by atoms with Crippen LogP contribution in [0.15, 0.2) is 39.5 Å². The molecule has 0 bridgehead atoms. The van der Waals surface area contributed by atoms with Crippen LogP contribution in [-0.4, -0.2) is 29.4 Å². The molecule has 2 aromatic carbocycles. The number of hydrogen-bond acceptors (Lipinski definition) is 5. The van der Waals surface area contributed by atoms with Gasteiger partial charge in [-0.25, -0.2) is 4.79 Å². The quantitative estimate of drug-likeness (QED) is 0.580. The number of aliphatic hydroxyl groups is 1. The van der Waals surface area contributed by atoms with Gasteiger partial charge >= 0.3 is 5.63 Å². The third kappa shape index (κ3) is 2.37. The summed E-state index contributed by atoms with van der Waals surface area (Å²) in [6.45, 7) is 5.36. The molecule has 3 aromatic rings. The van der Waals surface area contributed by atoms with E-state index in [0.29, 0.717) is 30.8 Å². The number of β-amino-alcohol motifs (C(OH)–C–C–N with tert-alkyl or cyclic N) is 1. The third-order valence-electron chi connectivity index (χ3n) is 4.48. The molecule has 2 heterocycles. The van der Waals surface area contributed by atoms with Crippen LogP contribution in [0, 0.1) is 6.92 Å². The van der Waals surface area contributed by atoms with E-state index in [4.69, 9.17) is 9.15 Å². The molecule has 0 saturated carbocycles. The summed E-state index contributed by atoms with van der Waals surface area (Å²) in [6.07, 6.45) is -0.407. The maximum Gasteiger partial charge on any atom is 0.344 e. The lowest BCUT2D eigenvalue weighted by Crippen LogP contribution is -2.37. The van der Waals surface area contributed by atoms with Crippen LogP contribution in [0.1, 0.15) is 18.1 Å². The van der Waals surface area contributed by atoms with Gasteiger partial charge in [0.15, 0.2) is 0 Å². The van der Waals surface area contributed by atoms with Gasteiger partial charge in [0.05, 0.1) is 11.5 Å². The standard InChI is InChI=1S/C19H19NO4/c1-11(21)8-20-9-13-7-16-14-5-3-4-6-15(14)19(22)24-18(16)12(2)17(13)23-10-20/h3-7,11,21H,8-10H2,1-2H3/t11-/m1/s1. The smallest absolute Gasteiger partial charge is 0.344 e. The molecule has 5 heteroatoms. The molecule has 0 unspecified atom stereocenters. The molecule has 1 atom stereocenters. The van der Waals surface area contributed by atoms with Crippen molar-refractivity contribution in [2.45, 2.75) is 26.5 Å². The van der Waals surface area contributed by atoms with E-state index in [9.17, 15) is 9.90 Å². The Hall–Kier alpha value is -2.37. The van der Waals surface area contributed by atoms with E-state index >= 15 is 0 Å². The van der Waals surface area contributed by atoms with Gasteiger partial charge in [-0.1, -0.05) is 18.2 Å². The fraction of sp³-hybridized carbons (Fsp3) is 0.316. The first-order valence-electron chi connectivity index (χ1n) is 8.06. The summed E-state index contributed by atoms with van der Waals surface area (Å²) in [7, 11) is 0. The number of nitrogens with zero attached hydrogens (tertiary/aromatic N) is 1. The molecule has 0 spiro atoms. The lowest BCUT2D eigenvalue weighted by molar-refractivity contribution is 0.0498. The first-order valence-corrected chi connectivity index (χ1v) is 8.06. The first-order chi connectivity index (χ1) is 11.5. The van der Waals surface area contributed by atoms with E-state index in [-0.39, 0.29) is 5.63 Å². The second-order valence-corrected chi connectivity index (χ2v) is 6.44. The predicted molar refractivity (Wildman–Crippen MR) is 92.3 cm³/mol. The monoisotopic (exact) mass is 325 g/mol. The summed E-state index contributed by atoms with van der Waals surface area (Å²) in [6, 6.07) is 9.52. The largest absolute Gasteiger partial charge is 0.477 e. The van der Waals surface area contributed by atoms with Gasteiger partial charge in [-0.15, -0.1) is 0 Å². The molecule has 4 rings (SSSR count). The number of rotatable bonds is 2. The molecule has 0 radical (unpaired) electrons. The molecule has 1 aliphatic rings. The number of aliphatic hydroxyl groups excluding tert-OH is 1. The van der Waals surface area contributed by atoms with Crippen LogP contribution in [0.25, 0.3) is 21.7 Å². The van der Waals surface area contributed by atoms with Gasteiger partial charge in [0.2, 0.25) is 0 Å². The molecule has 0 aliphatic carbocycles. The van der Waals surface area contributed by atoms with E-state index in [1.54, 1.807) is 13.0 Å². The molecular weight excluding hydrogens is 306 g/mol. The van der Waals surface area contributed by atoms with Gasteiger partial charge < -0.3 is 14.3 Å². The highest BCUT2D eigenvalue weighted by Gasteiger charge is 2.23. The van der Waals surface area contributed by atoms with Crippen molar-refractivity contribution >= 4 is 21.7 Å². The Bertz CT molecular complexity index is 990. The molecule has 1 N–H and O–H groups in total. The molecule has 1 aromatic heterocycles. The minimum absolute atomic E-state index is 0.326. The van der Waals surface area contributed by atoms with Gasteiger partial charge in [-0.05, 0) is 31.4 Å². The van der Waals surface area contributed by atoms with E-state index in [1.165, 1.54) is 0 Å². The van der Waals surface area contributed by atoms with Crippen molar-refractivity contribution in [3.05, 3.63) is 51.9 Å². The van der Waals surface area contributed by atoms with Crippen molar-refractivity contribution < 1.29 is 14.3 Å². The van der Waals surface area contributed by atoms with Crippen LogP contribution in [0.5, 0.6) is 5.75 Å². The molecule has 0 amide bonds. The molecular formula is C19H19NO4. The number of ether oxygens (including phenoxy) is 1. The lowest BCUT2D eigenvalue weighted by Gasteiger charge is -2.31. The Kier molecular flexibility index (Phi) is 3.55. The third-order valence-corrected chi connectivity index (χ3v) is 4.48. The number of benzene rings is 2. The summed E-state index contributed by atoms with van der Waals surface area (Å²) in [5.41, 5.74) is 2.15. The molecule has 5 nitrogen and oxygen atoms in total. The zero-order valence-corrected chi connectivity index (χ0v) is 13.7. The summed E-state index contributed by atoms with van der Waals surface area (Å²) in [4.78, 5) is 14.3. The highest BCUT2D eigenvalue weighted by Crippen LogP contribution is 2.36. The molecule has 1 aliphatic heterocycles. The van der Waals surface area contributed by atoms with Gasteiger partial charge in [0, 0.05) is 29.6 Å². The number of hydrogen-bond donors (Lipinski definition) is 1.